The fourth-order valence-electron chi connectivity index (χ4n) is 2.93. The van der Waals surface area contributed by atoms with E-state index < -0.39 is 0 Å². The average molecular weight is 274 g/mol. The summed E-state index contributed by atoms with van der Waals surface area (Å²) in [7, 11) is 0. The van der Waals surface area contributed by atoms with Crippen LogP contribution in [0.5, 0.6) is 0 Å². The summed E-state index contributed by atoms with van der Waals surface area (Å²) in [5.41, 5.74) is 1.47. The van der Waals surface area contributed by atoms with E-state index in [2.05, 4.69) is 0 Å². The smallest absolute Gasteiger partial charge is 0.408 e. The van der Waals surface area contributed by atoms with Crippen LogP contribution >= 0.6 is 0 Å². The molecule has 5 heteroatoms. The average Bonchev–Trinajstić information content (AvgIpc) is 2.82. The minimum atomic E-state index is -0.300. The fourth-order valence-corrected chi connectivity index (χ4v) is 2.93. The van der Waals surface area contributed by atoms with Gasteiger partial charge in [-0.2, -0.15) is 0 Å². The van der Waals surface area contributed by atoms with Gasteiger partial charge in [0.2, 0.25) is 5.91 Å². The Balaban J connectivity index is 1.85. The summed E-state index contributed by atoms with van der Waals surface area (Å²) in [6, 6.07) is 7.60. The highest BCUT2D eigenvalue weighted by atomic mass is 16.4. The molecule has 1 saturated heterocycles. The number of carbonyl (C=O) groups excluding carboxylic acids is 1. The number of aromatic nitrogens is 1. The zero-order valence-electron chi connectivity index (χ0n) is 11.5. The number of hydrogen-bond donors (Lipinski definition) is 0. The molecule has 1 aromatic heterocycles. The first-order valence-electron chi connectivity index (χ1n) is 7.08. The van der Waals surface area contributed by atoms with Crippen LogP contribution in [-0.4, -0.2) is 28.5 Å². The predicted octanol–water partition coefficient (Wildman–Crippen LogP) is 2.17. The summed E-state index contributed by atoms with van der Waals surface area (Å²) in [6.45, 7) is 3.30. The Hall–Kier alpha value is -2.04. The minimum Gasteiger partial charge on any atom is -0.408 e. The molecule has 5 nitrogen and oxygen atoms in total. The van der Waals surface area contributed by atoms with Crippen LogP contribution in [0.2, 0.25) is 0 Å². The SMILES string of the molecule is CCC(=O)N1CCC(n2c(=O)oc3ccccc32)CC1. The first-order valence-corrected chi connectivity index (χ1v) is 7.08. The number of benzene rings is 1. The molecule has 1 aliphatic rings. The number of piperidine rings is 1. The minimum absolute atomic E-state index is 0.118. The molecule has 0 N–H and O–H groups in total. The van der Waals surface area contributed by atoms with Gasteiger partial charge in [0.1, 0.15) is 0 Å². The van der Waals surface area contributed by atoms with Crippen molar-refractivity contribution in [2.24, 2.45) is 0 Å². The van der Waals surface area contributed by atoms with Gasteiger partial charge in [-0.3, -0.25) is 9.36 Å². The van der Waals surface area contributed by atoms with Crippen molar-refractivity contribution in [2.75, 3.05) is 13.1 Å². The van der Waals surface area contributed by atoms with Crippen LogP contribution < -0.4 is 5.76 Å². The van der Waals surface area contributed by atoms with E-state index in [-0.39, 0.29) is 17.7 Å². The van der Waals surface area contributed by atoms with Gasteiger partial charge in [-0.1, -0.05) is 19.1 Å². The van der Waals surface area contributed by atoms with Gasteiger partial charge in [0.15, 0.2) is 5.58 Å². The van der Waals surface area contributed by atoms with Gasteiger partial charge in [-0.25, -0.2) is 4.79 Å². The van der Waals surface area contributed by atoms with E-state index in [0.29, 0.717) is 25.1 Å². The van der Waals surface area contributed by atoms with E-state index >= 15 is 0 Å². The van der Waals surface area contributed by atoms with Gasteiger partial charge < -0.3 is 9.32 Å². The Morgan fingerprint density at radius 3 is 2.70 bits per heavy atom. The molecule has 0 unspecified atom stereocenters. The van der Waals surface area contributed by atoms with Crippen molar-refractivity contribution >= 4 is 17.0 Å². The Morgan fingerprint density at radius 2 is 2.00 bits per heavy atom. The molecule has 0 atom stereocenters. The van der Waals surface area contributed by atoms with Crippen molar-refractivity contribution in [3.8, 4) is 0 Å². The molecule has 0 bridgehead atoms. The lowest BCUT2D eigenvalue weighted by Crippen LogP contribution is -2.39. The first-order chi connectivity index (χ1) is 9.70. The number of fused-ring (bicyclic) bond motifs is 1. The van der Waals surface area contributed by atoms with Gasteiger partial charge in [0.25, 0.3) is 0 Å². The van der Waals surface area contributed by atoms with Gasteiger partial charge >= 0.3 is 5.76 Å². The number of nitrogens with zero attached hydrogens (tertiary/aromatic N) is 2. The second kappa shape index (κ2) is 5.15. The zero-order chi connectivity index (χ0) is 14.1. The van der Waals surface area contributed by atoms with Crippen LogP contribution in [0.1, 0.15) is 32.2 Å². The normalized spacial score (nSPS) is 16.8. The Morgan fingerprint density at radius 1 is 1.30 bits per heavy atom. The quantitative estimate of drug-likeness (QED) is 0.843. The van der Waals surface area contributed by atoms with Gasteiger partial charge in [-0.05, 0) is 25.0 Å². The third kappa shape index (κ3) is 2.13. The molecule has 20 heavy (non-hydrogen) atoms. The summed E-state index contributed by atoms with van der Waals surface area (Å²) in [4.78, 5) is 25.6. The molecule has 0 saturated carbocycles. The maximum atomic E-state index is 12.0. The van der Waals surface area contributed by atoms with Crippen LogP contribution in [0.4, 0.5) is 0 Å². The number of carbonyl (C=O) groups is 1. The number of likely N-dealkylation sites (tertiary alicyclic amines) is 1. The van der Waals surface area contributed by atoms with E-state index in [0.717, 1.165) is 18.4 Å². The van der Waals surface area contributed by atoms with E-state index in [1.165, 1.54) is 0 Å². The second-order valence-corrected chi connectivity index (χ2v) is 5.17. The highest BCUT2D eigenvalue weighted by Crippen LogP contribution is 2.25. The van der Waals surface area contributed by atoms with E-state index in [4.69, 9.17) is 4.42 Å². The van der Waals surface area contributed by atoms with Gasteiger partial charge in [0.05, 0.1) is 5.52 Å². The Kier molecular flexibility index (Phi) is 3.34. The predicted molar refractivity (Wildman–Crippen MR) is 75.6 cm³/mol. The lowest BCUT2D eigenvalue weighted by atomic mass is 10.0. The first kappa shape index (κ1) is 13.0. The highest BCUT2D eigenvalue weighted by Gasteiger charge is 2.25. The van der Waals surface area contributed by atoms with Crippen molar-refractivity contribution in [3.63, 3.8) is 0 Å². The molecule has 1 aliphatic heterocycles. The Bertz CT molecular complexity index is 678. The monoisotopic (exact) mass is 274 g/mol. The topological polar surface area (TPSA) is 55.5 Å². The molecule has 1 aromatic carbocycles. The van der Waals surface area contributed by atoms with E-state index in [1.54, 1.807) is 4.57 Å². The fraction of sp³-hybridized carbons (Fsp3) is 0.467. The van der Waals surface area contributed by atoms with Gasteiger partial charge in [-0.15, -0.1) is 0 Å². The van der Waals surface area contributed by atoms with Crippen molar-refractivity contribution in [2.45, 2.75) is 32.2 Å². The van der Waals surface area contributed by atoms with Crippen LogP contribution in [0.25, 0.3) is 11.1 Å². The standard InChI is InChI=1S/C15H18N2O3/c1-2-14(18)16-9-7-11(8-10-16)17-12-5-3-4-6-13(12)20-15(17)19/h3-6,11H,2,7-10H2,1H3. The zero-order valence-corrected chi connectivity index (χ0v) is 11.5. The second-order valence-electron chi connectivity index (χ2n) is 5.17. The number of amides is 1. The molecule has 0 radical (unpaired) electrons. The van der Waals surface area contributed by atoms with Crippen molar-refractivity contribution in [1.29, 1.82) is 0 Å². The van der Waals surface area contributed by atoms with Crippen LogP contribution in [0.3, 0.4) is 0 Å². The molecule has 2 heterocycles. The van der Waals surface area contributed by atoms with Crippen molar-refractivity contribution in [1.82, 2.24) is 9.47 Å². The van der Waals surface area contributed by atoms with Crippen LogP contribution in [0, 0.1) is 0 Å². The van der Waals surface area contributed by atoms with Crippen molar-refractivity contribution in [3.05, 3.63) is 34.8 Å². The van der Waals surface area contributed by atoms with E-state index in [1.807, 2.05) is 36.1 Å². The molecule has 1 amide bonds. The van der Waals surface area contributed by atoms with E-state index in [9.17, 15) is 9.59 Å². The third-order valence-electron chi connectivity index (χ3n) is 4.00. The molecule has 0 aliphatic carbocycles. The van der Waals surface area contributed by atoms with Crippen molar-refractivity contribution < 1.29 is 9.21 Å². The summed E-state index contributed by atoms with van der Waals surface area (Å²) >= 11 is 0. The number of hydrogen-bond acceptors (Lipinski definition) is 3. The number of para-hydroxylation sites is 2. The maximum absolute atomic E-state index is 12.0. The molecular formula is C15H18N2O3. The molecule has 106 valence electrons. The molecule has 2 aromatic rings. The summed E-state index contributed by atoms with van der Waals surface area (Å²) in [5, 5.41) is 0. The largest absolute Gasteiger partial charge is 0.420 e. The molecule has 0 spiro atoms. The molecule has 3 rings (SSSR count). The molecule has 1 fully saturated rings. The number of rotatable bonds is 2. The van der Waals surface area contributed by atoms with Gasteiger partial charge in [0, 0.05) is 25.6 Å². The highest BCUT2D eigenvalue weighted by molar-refractivity contribution is 5.76. The lowest BCUT2D eigenvalue weighted by Gasteiger charge is -2.32. The summed E-state index contributed by atoms with van der Waals surface area (Å²) < 4.78 is 7.01. The Labute approximate surface area is 116 Å². The third-order valence-corrected chi connectivity index (χ3v) is 4.00. The molecular weight excluding hydrogens is 256 g/mol. The van der Waals surface area contributed by atoms with Crippen LogP contribution in [0.15, 0.2) is 33.5 Å². The summed E-state index contributed by atoms with van der Waals surface area (Å²) in [6.07, 6.45) is 2.14. The lowest BCUT2D eigenvalue weighted by molar-refractivity contribution is -0.132. The maximum Gasteiger partial charge on any atom is 0.420 e. The number of oxazole rings is 1. The van der Waals surface area contributed by atoms with Crippen LogP contribution in [-0.2, 0) is 4.79 Å². The summed E-state index contributed by atoms with van der Waals surface area (Å²) in [5.74, 6) is -0.112.